The van der Waals surface area contributed by atoms with Crippen LogP contribution in [-0.4, -0.2) is 4.98 Å². The van der Waals surface area contributed by atoms with Crippen molar-refractivity contribution in [2.45, 2.75) is 86.0 Å². The van der Waals surface area contributed by atoms with Gasteiger partial charge in [-0.05, 0) is 63.3 Å². The summed E-state index contributed by atoms with van der Waals surface area (Å²) in [5.74, 6) is 2.94. The summed E-state index contributed by atoms with van der Waals surface area (Å²) in [6.07, 6.45) is 19.7. The van der Waals surface area contributed by atoms with Crippen LogP contribution in [0.2, 0.25) is 0 Å². The van der Waals surface area contributed by atoms with E-state index < -0.39 is 0 Å². The number of aromatic nitrogens is 1. The number of hydrogen-bond donors (Lipinski definition) is 1. The first kappa shape index (κ1) is 23.9. The molecule has 0 radical (unpaired) electrons. The lowest BCUT2D eigenvalue weighted by Crippen LogP contribution is -2.22. The molecule has 1 aliphatic rings. The summed E-state index contributed by atoms with van der Waals surface area (Å²) < 4.78 is 0. The van der Waals surface area contributed by atoms with Gasteiger partial charge in [-0.2, -0.15) is 0 Å². The van der Waals surface area contributed by atoms with Crippen molar-refractivity contribution in [2.75, 3.05) is 0 Å². The van der Waals surface area contributed by atoms with E-state index in [-0.39, 0.29) is 10.8 Å². The van der Waals surface area contributed by atoms with Gasteiger partial charge in [0, 0.05) is 28.8 Å². The third-order valence-corrected chi connectivity index (χ3v) is 6.68. The van der Waals surface area contributed by atoms with Crippen LogP contribution in [0.15, 0.2) is 47.3 Å². The monoisotopic (exact) mass is 401 g/mol. The molecule has 0 saturated carbocycles. The third-order valence-electron chi connectivity index (χ3n) is 6.68. The highest BCUT2D eigenvalue weighted by Gasteiger charge is 2.32. The molecule has 0 amide bonds. The molecule has 1 aromatic rings. The van der Waals surface area contributed by atoms with Gasteiger partial charge in [0.2, 0.25) is 0 Å². The molecule has 0 aromatic carbocycles. The van der Waals surface area contributed by atoms with Gasteiger partial charge in [-0.3, -0.25) is 0 Å². The van der Waals surface area contributed by atoms with Crippen molar-refractivity contribution in [3.05, 3.63) is 69.8 Å². The first-order valence-corrected chi connectivity index (χ1v) is 11.3. The van der Waals surface area contributed by atoms with Gasteiger partial charge in [0.25, 0.3) is 0 Å². The van der Waals surface area contributed by atoms with Gasteiger partial charge < -0.3 is 4.98 Å². The SMILES string of the molecule is C#CC1(C)C=C=Cc2c([nH]c(C(C)(C)/C(C)=C(/C=C\C(=C)CCCC)CC)c2C)C1. The van der Waals surface area contributed by atoms with Gasteiger partial charge in [-0.25, -0.2) is 0 Å². The lowest BCUT2D eigenvalue weighted by Gasteiger charge is -2.28. The fourth-order valence-corrected chi connectivity index (χ4v) is 4.26. The topological polar surface area (TPSA) is 15.8 Å². The van der Waals surface area contributed by atoms with Crippen LogP contribution in [0.1, 0.15) is 89.7 Å². The maximum atomic E-state index is 5.82. The Balaban J connectivity index is 2.46. The molecule has 1 aliphatic carbocycles. The van der Waals surface area contributed by atoms with Crippen molar-refractivity contribution in [3.63, 3.8) is 0 Å². The van der Waals surface area contributed by atoms with Crippen LogP contribution < -0.4 is 0 Å². The van der Waals surface area contributed by atoms with E-state index in [1.807, 2.05) is 6.08 Å². The smallest absolute Gasteiger partial charge is 0.0591 e. The molecule has 1 nitrogen and oxygen atoms in total. The second-order valence-electron chi connectivity index (χ2n) is 9.44. The molecule has 0 saturated heterocycles. The van der Waals surface area contributed by atoms with E-state index in [2.05, 4.69) is 89.9 Å². The fourth-order valence-electron chi connectivity index (χ4n) is 4.26. The number of terminal acetylenes is 1. The summed E-state index contributed by atoms with van der Waals surface area (Å²) in [5, 5.41) is 0. The van der Waals surface area contributed by atoms with E-state index >= 15 is 0 Å². The molecule has 0 aliphatic heterocycles. The summed E-state index contributed by atoms with van der Waals surface area (Å²) in [4.78, 5) is 3.76. The van der Waals surface area contributed by atoms with Crippen molar-refractivity contribution < 1.29 is 0 Å². The standard InChI is InChI=1S/C29H39N/c1-10-13-15-21(4)17-18-24(11-2)23(6)28(7,8)27-22(5)25-16-14-19-29(9,12-3)20-26(25)30-27/h3,16-19,30H,4,10-11,13,15,20H2,1-2,5-9H3/b18-17-,24-23+. The maximum absolute atomic E-state index is 5.82. The lowest BCUT2D eigenvalue weighted by molar-refractivity contribution is 0.557. The Kier molecular flexibility index (Phi) is 7.63. The number of H-pyrrole nitrogens is 1. The molecular weight excluding hydrogens is 362 g/mol. The quantitative estimate of drug-likeness (QED) is 0.258. The highest BCUT2D eigenvalue weighted by atomic mass is 14.8. The van der Waals surface area contributed by atoms with Crippen molar-refractivity contribution in [1.29, 1.82) is 0 Å². The molecule has 0 bridgehead atoms. The Labute approximate surface area is 184 Å². The average molecular weight is 402 g/mol. The Morgan fingerprint density at radius 3 is 2.67 bits per heavy atom. The average Bonchev–Trinajstić information content (AvgIpc) is 2.91. The van der Waals surface area contributed by atoms with Crippen molar-refractivity contribution >= 4 is 6.08 Å². The van der Waals surface area contributed by atoms with E-state index in [1.165, 1.54) is 52.1 Å². The van der Waals surface area contributed by atoms with Crippen molar-refractivity contribution in [1.82, 2.24) is 4.98 Å². The molecule has 30 heavy (non-hydrogen) atoms. The van der Waals surface area contributed by atoms with Crippen LogP contribution in [0.5, 0.6) is 0 Å². The van der Waals surface area contributed by atoms with E-state index in [0.717, 1.165) is 19.3 Å². The minimum atomic E-state index is -0.304. The van der Waals surface area contributed by atoms with E-state index in [1.54, 1.807) is 0 Å². The first-order valence-electron chi connectivity index (χ1n) is 11.3. The molecule has 0 spiro atoms. The summed E-state index contributed by atoms with van der Waals surface area (Å²) >= 11 is 0. The van der Waals surface area contributed by atoms with E-state index in [9.17, 15) is 0 Å². The van der Waals surface area contributed by atoms with Gasteiger partial charge in [-0.1, -0.05) is 69.9 Å². The molecule has 1 heteroatoms. The van der Waals surface area contributed by atoms with Crippen LogP contribution in [0.25, 0.3) is 6.08 Å². The van der Waals surface area contributed by atoms with E-state index in [4.69, 9.17) is 6.42 Å². The number of hydrogen-bond acceptors (Lipinski definition) is 0. The van der Waals surface area contributed by atoms with E-state index in [0.29, 0.717) is 0 Å². The Morgan fingerprint density at radius 1 is 1.37 bits per heavy atom. The predicted octanol–water partition coefficient (Wildman–Crippen LogP) is 7.99. The molecule has 1 unspecified atom stereocenters. The third kappa shape index (κ3) is 5.00. The normalized spacial score (nSPS) is 19.4. The molecule has 0 fully saturated rings. The molecule has 2 rings (SSSR count). The Bertz CT molecular complexity index is 961. The second-order valence-corrected chi connectivity index (χ2v) is 9.44. The van der Waals surface area contributed by atoms with Crippen molar-refractivity contribution in [3.8, 4) is 12.3 Å². The molecule has 1 N–H and O–H groups in total. The van der Waals surface area contributed by atoms with Crippen LogP contribution in [-0.2, 0) is 11.8 Å². The van der Waals surface area contributed by atoms with Crippen LogP contribution in [0.3, 0.4) is 0 Å². The van der Waals surface area contributed by atoms with Gasteiger partial charge in [0.05, 0.1) is 5.41 Å². The number of nitrogens with one attached hydrogen (secondary N) is 1. The summed E-state index contributed by atoms with van der Waals surface area (Å²) in [7, 11) is 0. The zero-order valence-corrected chi connectivity index (χ0v) is 20.1. The largest absolute Gasteiger partial charge is 0.361 e. The summed E-state index contributed by atoms with van der Waals surface area (Å²) in [6, 6.07) is 0. The molecule has 1 aromatic heterocycles. The number of aromatic amines is 1. The molecule has 1 heterocycles. The zero-order chi connectivity index (χ0) is 22.5. The highest BCUT2D eigenvalue weighted by Crippen LogP contribution is 2.39. The van der Waals surface area contributed by atoms with Crippen LogP contribution in [0.4, 0.5) is 0 Å². The lowest BCUT2D eigenvalue weighted by atomic mass is 9.77. The zero-order valence-electron chi connectivity index (χ0n) is 20.1. The van der Waals surface area contributed by atoms with Crippen LogP contribution >= 0.6 is 0 Å². The number of allylic oxidation sites excluding steroid dienone is 6. The molecule has 1 atom stereocenters. The Hall–Kier alpha value is -2.42. The summed E-state index contributed by atoms with van der Waals surface area (Å²) in [5.41, 5.74) is 11.9. The second kappa shape index (κ2) is 9.59. The van der Waals surface area contributed by atoms with Gasteiger partial charge in [0.1, 0.15) is 0 Å². The first-order chi connectivity index (χ1) is 14.1. The Morgan fingerprint density at radius 2 is 2.07 bits per heavy atom. The minimum absolute atomic E-state index is 0.110. The maximum Gasteiger partial charge on any atom is 0.0591 e. The molecular formula is C29H39N. The predicted molar refractivity (Wildman–Crippen MR) is 133 cm³/mol. The highest BCUT2D eigenvalue weighted by molar-refractivity contribution is 5.62. The number of fused-ring (bicyclic) bond motifs is 1. The molecule has 160 valence electrons. The van der Waals surface area contributed by atoms with Gasteiger partial charge in [0.15, 0.2) is 0 Å². The number of unbranched alkanes of at least 4 members (excludes halogenated alkanes) is 1. The minimum Gasteiger partial charge on any atom is -0.361 e. The van der Waals surface area contributed by atoms with Gasteiger partial charge in [-0.15, -0.1) is 12.2 Å². The van der Waals surface area contributed by atoms with Crippen LogP contribution in [0, 0.1) is 24.7 Å². The summed E-state index contributed by atoms with van der Waals surface area (Å²) in [6.45, 7) is 19.9. The van der Waals surface area contributed by atoms with Crippen molar-refractivity contribution in [2.24, 2.45) is 5.41 Å². The fraction of sp³-hybridized carbons (Fsp3) is 0.483. The number of rotatable bonds is 8. The van der Waals surface area contributed by atoms with Gasteiger partial charge >= 0.3 is 0 Å².